The highest BCUT2D eigenvalue weighted by atomic mass is 16.5. The number of fused-ring (bicyclic) bond motifs is 1. The van der Waals surface area contributed by atoms with E-state index in [1.54, 1.807) is 48.9 Å². The zero-order valence-corrected chi connectivity index (χ0v) is 29.8. The molecular weight excluding hydrogens is 681 g/mol. The van der Waals surface area contributed by atoms with Crippen molar-refractivity contribution in [3.05, 3.63) is 150 Å². The molecule has 0 aliphatic heterocycles. The molecule has 2 heterocycles. The molecule has 0 spiro atoms. The maximum absolute atomic E-state index is 14.0. The number of aliphatic carboxylic acids is 1. The Labute approximate surface area is 313 Å². The van der Waals surface area contributed by atoms with Crippen LogP contribution in [0, 0.1) is 0 Å². The van der Waals surface area contributed by atoms with Gasteiger partial charge in [0.2, 0.25) is 5.91 Å². The van der Waals surface area contributed by atoms with Gasteiger partial charge in [-0.15, -0.1) is 0 Å². The summed E-state index contributed by atoms with van der Waals surface area (Å²) in [7, 11) is 0. The SMILES string of the molecule is O=C(O)/C=C/c1ccc(NC(=O)[C@H](Cc2cncn2COCc2ccccc2)NC(=O)c2ccc3c(C4CCCCC4)n(-c4ccccc4)nc3c2)cc1. The van der Waals surface area contributed by atoms with Crippen LogP contribution in [0.3, 0.4) is 0 Å². The number of carboxylic acids is 1. The maximum Gasteiger partial charge on any atom is 0.328 e. The van der Waals surface area contributed by atoms with Crippen molar-refractivity contribution in [1.29, 1.82) is 0 Å². The van der Waals surface area contributed by atoms with Gasteiger partial charge in [-0.2, -0.15) is 5.10 Å². The molecule has 6 aromatic rings. The first-order valence-electron chi connectivity index (χ1n) is 18.2. The van der Waals surface area contributed by atoms with E-state index in [4.69, 9.17) is 14.9 Å². The van der Waals surface area contributed by atoms with Gasteiger partial charge in [0, 0.05) is 46.9 Å². The first kappa shape index (κ1) is 36.0. The third-order valence-corrected chi connectivity index (χ3v) is 9.74. The van der Waals surface area contributed by atoms with Crippen molar-refractivity contribution in [3.8, 4) is 5.69 Å². The van der Waals surface area contributed by atoms with Crippen molar-refractivity contribution in [2.75, 3.05) is 5.32 Å². The second-order valence-electron chi connectivity index (χ2n) is 13.5. The van der Waals surface area contributed by atoms with E-state index >= 15 is 0 Å². The van der Waals surface area contributed by atoms with Crippen molar-refractivity contribution >= 4 is 40.4 Å². The molecule has 0 bridgehead atoms. The second-order valence-corrected chi connectivity index (χ2v) is 13.5. The number of benzene rings is 4. The summed E-state index contributed by atoms with van der Waals surface area (Å²) in [6.07, 6.45) is 11.8. The van der Waals surface area contributed by atoms with Crippen LogP contribution in [0.1, 0.15) is 70.9 Å². The summed E-state index contributed by atoms with van der Waals surface area (Å²) in [6, 6.07) is 31.3. The molecule has 7 rings (SSSR count). The third kappa shape index (κ3) is 8.82. The molecule has 3 N–H and O–H groups in total. The number of anilines is 1. The lowest BCUT2D eigenvalue weighted by Gasteiger charge is -2.23. The summed E-state index contributed by atoms with van der Waals surface area (Å²) < 4.78 is 9.79. The molecule has 0 radical (unpaired) electrons. The van der Waals surface area contributed by atoms with Gasteiger partial charge in [-0.05, 0) is 66.4 Å². The Morgan fingerprint density at radius 2 is 1.65 bits per heavy atom. The summed E-state index contributed by atoms with van der Waals surface area (Å²) >= 11 is 0. The summed E-state index contributed by atoms with van der Waals surface area (Å²) in [5, 5.41) is 20.9. The first-order valence-corrected chi connectivity index (χ1v) is 18.2. The number of hydrogen-bond acceptors (Lipinski definition) is 6. The second kappa shape index (κ2) is 17.0. The number of carboxylic acid groups (broad SMARTS) is 1. The van der Waals surface area contributed by atoms with Crippen LogP contribution in [0.5, 0.6) is 0 Å². The minimum Gasteiger partial charge on any atom is -0.478 e. The van der Waals surface area contributed by atoms with Gasteiger partial charge in [-0.3, -0.25) is 9.59 Å². The van der Waals surface area contributed by atoms with Crippen LogP contribution in [0.25, 0.3) is 22.7 Å². The average molecular weight is 723 g/mol. The van der Waals surface area contributed by atoms with E-state index in [1.807, 2.05) is 76.0 Å². The first-order chi connectivity index (χ1) is 26.4. The van der Waals surface area contributed by atoms with Crippen LogP contribution in [-0.2, 0) is 34.1 Å². The normalized spacial score (nSPS) is 13.9. The van der Waals surface area contributed by atoms with Gasteiger partial charge in [0.15, 0.2) is 0 Å². The predicted molar refractivity (Wildman–Crippen MR) is 207 cm³/mol. The van der Waals surface area contributed by atoms with Crippen molar-refractivity contribution in [1.82, 2.24) is 24.6 Å². The highest BCUT2D eigenvalue weighted by Gasteiger charge is 2.27. The van der Waals surface area contributed by atoms with Crippen LogP contribution in [0.2, 0.25) is 0 Å². The van der Waals surface area contributed by atoms with Gasteiger partial charge < -0.3 is 25.0 Å². The van der Waals surface area contributed by atoms with Crippen LogP contribution < -0.4 is 10.6 Å². The molecule has 274 valence electrons. The molecule has 4 aromatic carbocycles. The zero-order valence-electron chi connectivity index (χ0n) is 29.8. The highest BCUT2D eigenvalue weighted by Crippen LogP contribution is 2.38. The zero-order chi connectivity index (χ0) is 37.3. The quantitative estimate of drug-likeness (QED) is 0.0989. The Kier molecular flexibility index (Phi) is 11.3. The molecule has 1 saturated carbocycles. The van der Waals surface area contributed by atoms with E-state index in [0.717, 1.165) is 41.1 Å². The number of nitrogens with zero attached hydrogens (tertiary/aromatic N) is 4. The molecule has 1 fully saturated rings. The predicted octanol–water partition coefficient (Wildman–Crippen LogP) is 7.52. The smallest absolute Gasteiger partial charge is 0.328 e. The number of para-hydroxylation sites is 1. The van der Waals surface area contributed by atoms with E-state index in [0.29, 0.717) is 35.0 Å². The molecule has 54 heavy (non-hydrogen) atoms. The molecular formula is C43H42N6O5. The third-order valence-electron chi connectivity index (χ3n) is 9.74. The minimum absolute atomic E-state index is 0.141. The summed E-state index contributed by atoms with van der Waals surface area (Å²) in [5.41, 5.74) is 6.16. The van der Waals surface area contributed by atoms with Crippen molar-refractivity contribution in [2.45, 2.75) is 63.8 Å². The molecule has 11 heteroatoms. The van der Waals surface area contributed by atoms with Gasteiger partial charge in [0.05, 0.1) is 29.8 Å². The lowest BCUT2D eigenvalue weighted by atomic mass is 9.85. The lowest BCUT2D eigenvalue weighted by Crippen LogP contribution is -2.45. The number of carbonyl (C=O) groups is 3. The van der Waals surface area contributed by atoms with Gasteiger partial charge in [-0.1, -0.05) is 86.0 Å². The Balaban J connectivity index is 1.14. The topological polar surface area (TPSA) is 140 Å². The fraction of sp³-hybridized carbons (Fsp3) is 0.233. The minimum atomic E-state index is -1.05. The number of amides is 2. The van der Waals surface area contributed by atoms with Gasteiger partial charge in [0.1, 0.15) is 12.8 Å². The number of aromatic nitrogens is 4. The molecule has 2 amide bonds. The number of rotatable bonds is 14. The van der Waals surface area contributed by atoms with Crippen LogP contribution >= 0.6 is 0 Å². The van der Waals surface area contributed by atoms with Crippen LogP contribution in [-0.4, -0.2) is 48.3 Å². The van der Waals surface area contributed by atoms with E-state index in [-0.39, 0.29) is 13.2 Å². The van der Waals surface area contributed by atoms with Crippen molar-refractivity contribution < 1.29 is 24.2 Å². The molecule has 2 aromatic heterocycles. The molecule has 1 aliphatic carbocycles. The summed E-state index contributed by atoms with van der Waals surface area (Å²) in [4.78, 5) is 43.2. The number of imidazole rings is 1. The maximum atomic E-state index is 14.0. The number of hydrogen-bond donors (Lipinski definition) is 3. The Bertz CT molecular complexity index is 2240. The average Bonchev–Trinajstić information content (AvgIpc) is 3.82. The van der Waals surface area contributed by atoms with Crippen LogP contribution in [0.4, 0.5) is 5.69 Å². The van der Waals surface area contributed by atoms with Gasteiger partial charge >= 0.3 is 5.97 Å². The Morgan fingerprint density at radius 3 is 2.39 bits per heavy atom. The van der Waals surface area contributed by atoms with E-state index in [1.165, 1.54) is 31.0 Å². The summed E-state index contributed by atoms with van der Waals surface area (Å²) in [5.74, 6) is -1.51. The van der Waals surface area contributed by atoms with Gasteiger partial charge in [0.25, 0.3) is 5.91 Å². The summed E-state index contributed by atoms with van der Waals surface area (Å²) in [6.45, 7) is 0.615. The van der Waals surface area contributed by atoms with Crippen LogP contribution in [0.15, 0.2) is 122 Å². The number of ether oxygens (including phenoxy) is 1. The van der Waals surface area contributed by atoms with E-state index in [2.05, 4.69) is 15.6 Å². The lowest BCUT2D eigenvalue weighted by molar-refractivity contribution is -0.131. The number of carbonyl (C=O) groups excluding carboxylic acids is 2. The fourth-order valence-corrected chi connectivity index (χ4v) is 6.99. The molecule has 0 unspecified atom stereocenters. The monoisotopic (exact) mass is 722 g/mol. The standard InChI is InChI=1S/C43H42N6O5/c50-40(51)23-18-30-16-20-34(21-17-30)45-43(53)39(25-36-26-44-28-48(36)29-54-27-31-10-4-1-5-11-31)46-42(52)33-19-22-37-38(24-33)47-49(35-14-8-3-9-15-35)41(37)32-12-6-2-7-13-32/h1,3-5,8-11,14-24,26,28,32,39H,2,6-7,12-13,25,27,29H2,(H,45,53)(H,46,52)(H,50,51)/b23-18+/t39-/m0/s1. The Hall–Kier alpha value is -6.33. The van der Waals surface area contributed by atoms with Crippen molar-refractivity contribution in [3.63, 3.8) is 0 Å². The van der Waals surface area contributed by atoms with Gasteiger partial charge in [-0.25, -0.2) is 14.5 Å². The largest absolute Gasteiger partial charge is 0.478 e. The fourth-order valence-electron chi connectivity index (χ4n) is 6.99. The van der Waals surface area contributed by atoms with Crippen molar-refractivity contribution in [2.24, 2.45) is 0 Å². The van der Waals surface area contributed by atoms with E-state index < -0.39 is 23.8 Å². The Morgan fingerprint density at radius 1 is 0.907 bits per heavy atom. The molecule has 1 aliphatic rings. The molecule has 1 atom stereocenters. The highest BCUT2D eigenvalue weighted by molar-refractivity contribution is 6.03. The molecule has 0 saturated heterocycles. The number of nitrogens with one attached hydrogen (secondary N) is 2. The van der Waals surface area contributed by atoms with E-state index in [9.17, 15) is 14.4 Å². The molecule has 11 nitrogen and oxygen atoms in total.